The van der Waals surface area contributed by atoms with E-state index in [0.717, 1.165) is 19.3 Å². The number of aryl methyl sites for hydroxylation is 2. The summed E-state index contributed by atoms with van der Waals surface area (Å²) in [5.74, 6) is -0.704. The third-order valence-corrected chi connectivity index (χ3v) is 6.23. The highest BCUT2D eigenvalue weighted by Crippen LogP contribution is 2.39. The largest absolute Gasteiger partial charge is 0.480 e. The molecule has 2 aliphatic carbocycles. The third-order valence-electron chi connectivity index (χ3n) is 4.97. The Balaban J connectivity index is 1.71. The van der Waals surface area contributed by atoms with Crippen molar-refractivity contribution in [3.63, 3.8) is 0 Å². The first-order valence-electron chi connectivity index (χ1n) is 7.84. The number of carboxylic acids is 1. The van der Waals surface area contributed by atoms with Crippen LogP contribution in [0.25, 0.3) is 0 Å². The molecule has 1 saturated carbocycles. The predicted octanol–water partition coefficient (Wildman–Crippen LogP) is 3.25. The van der Waals surface area contributed by atoms with Gasteiger partial charge in [-0.05, 0) is 75.3 Å². The van der Waals surface area contributed by atoms with Crippen LogP contribution in [0.1, 0.15) is 43.2 Å². The van der Waals surface area contributed by atoms with Gasteiger partial charge < -0.3 is 10.4 Å². The van der Waals surface area contributed by atoms with Gasteiger partial charge in [0.25, 0.3) is 0 Å². The molecule has 0 heterocycles. The van der Waals surface area contributed by atoms with Crippen molar-refractivity contribution in [2.45, 2.75) is 60.6 Å². The van der Waals surface area contributed by atoms with E-state index in [-0.39, 0.29) is 0 Å². The number of likely N-dealkylation sites (N-methyl/N-ethyl adjacent to an activating group) is 1. The van der Waals surface area contributed by atoms with Crippen LogP contribution < -0.4 is 5.32 Å². The maximum Gasteiger partial charge on any atom is 0.323 e. The minimum absolute atomic E-state index is 0.391. The van der Waals surface area contributed by atoms with Gasteiger partial charge in [-0.15, -0.1) is 11.8 Å². The third kappa shape index (κ3) is 2.97. The molecular weight excluding hydrogens is 282 g/mol. The second kappa shape index (κ2) is 6.01. The summed E-state index contributed by atoms with van der Waals surface area (Å²) in [5.41, 5.74) is 2.26. The molecule has 0 aliphatic heterocycles. The van der Waals surface area contributed by atoms with E-state index in [1.54, 1.807) is 7.05 Å². The number of hydrogen-bond acceptors (Lipinski definition) is 3. The number of carbonyl (C=O) groups is 1. The summed E-state index contributed by atoms with van der Waals surface area (Å²) >= 11 is 1.86. The second-order valence-corrected chi connectivity index (χ2v) is 7.63. The number of fused-ring (bicyclic) bond motifs is 1. The Kier molecular flexibility index (Phi) is 4.27. The summed E-state index contributed by atoms with van der Waals surface area (Å²) in [5, 5.41) is 13.0. The van der Waals surface area contributed by atoms with Gasteiger partial charge in [-0.3, -0.25) is 4.79 Å². The molecule has 1 aromatic rings. The zero-order valence-corrected chi connectivity index (χ0v) is 13.3. The Morgan fingerprint density at radius 2 is 2.14 bits per heavy atom. The minimum atomic E-state index is -0.730. The lowest BCUT2D eigenvalue weighted by Crippen LogP contribution is -2.53. The summed E-state index contributed by atoms with van der Waals surface area (Å²) < 4.78 is 0. The number of nitrogens with one attached hydrogen (secondary N) is 1. The van der Waals surface area contributed by atoms with Crippen molar-refractivity contribution < 1.29 is 9.90 Å². The first-order chi connectivity index (χ1) is 10.1. The summed E-state index contributed by atoms with van der Waals surface area (Å²) in [7, 11) is 1.77. The van der Waals surface area contributed by atoms with Crippen molar-refractivity contribution in [2.75, 3.05) is 7.05 Å². The van der Waals surface area contributed by atoms with Crippen molar-refractivity contribution in [1.82, 2.24) is 5.32 Å². The number of aliphatic carboxylic acids is 1. The SMILES string of the molecule is CNC1(C(=O)O)CCCC(Sc2ccc3c(c2)CCC3)C1. The van der Waals surface area contributed by atoms with Crippen LogP contribution in [0.5, 0.6) is 0 Å². The number of thioether (sulfide) groups is 1. The average molecular weight is 305 g/mol. The van der Waals surface area contributed by atoms with E-state index < -0.39 is 11.5 Å². The fraction of sp³-hybridized carbons (Fsp3) is 0.588. The maximum absolute atomic E-state index is 11.6. The van der Waals surface area contributed by atoms with Crippen molar-refractivity contribution in [3.8, 4) is 0 Å². The van der Waals surface area contributed by atoms with Crippen LogP contribution in [0.3, 0.4) is 0 Å². The molecule has 1 fully saturated rings. The molecule has 4 heteroatoms. The lowest BCUT2D eigenvalue weighted by molar-refractivity contribution is -0.146. The van der Waals surface area contributed by atoms with E-state index in [4.69, 9.17) is 0 Å². The van der Waals surface area contributed by atoms with Gasteiger partial charge in [0.2, 0.25) is 0 Å². The summed E-state index contributed by atoms with van der Waals surface area (Å²) in [4.78, 5) is 12.9. The van der Waals surface area contributed by atoms with Gasteiger partial charge in [-0.1, -0.05) is 6.07 Å². The number of carboxylic acid groups (broad SMARTS) is 1. The van der Waals surface area contributed by atoms with E-state index >= 15 is 0 Å². The van der Waals surface area contributed by atoms with Gasteiger partial charge in [0.05, 0.1) is 0 Å². The van der Waals surface area contributed by atoms with Gasteiger partial charge in [-0.25, -0.2) is 0 Å². The van der Waals surface area contributed by atoms with Gasteiger partial charge >= 0.3 is 5.97 Å². The molecule has 2 unspecified atom stereocenters. The molecule has 2 N–H and O–H groups in total. The Bertz CT molecular complexity index is 546. The lowest BCUT2D eigenvalue weighted by Gasteiger charge is -2.37. The molecule has 0 radical (unpaired) electrons. The summed E-state index contributed by atoms with van der Waals surface area (Å²) in [6.45, 7) is 0. The van der Waals surface area contributed by atoms with Crippen molar-refractivity contribution in [3.05, 3.63) is 29.3 Å². The molecule has 0 bridgehead atoms. The topological polar surface area (TPSA) is 49.3 Å². The van der Waals surface area contributed by atoms with Gasteiger partial charge in [0, 0.05) is 10.1 Å². The fourth-order valence-electron chi connectivity index (χ4n) is 3.67. The molecule has 2 aliphatic rings. The van der Waals surface area contributed by atoms with Gasteiger partial charge in [0.15, 0.2) is 0 Å². The monoisotopic (exact) mass is 305 g/mol. The zero-order chi connectivity index (χ0) is 14.9. The Morgan fingerprint density at radius 1 is 1.33 bits per heavy atom. The highest BCUT2D eigenvalue weighted by atomic mass is 32.2. The van der Waals surface area contributed by atoms with E-state index in [1.165, 1.54) is 35.3 Å². The van der Waals surface area contributed by atoms with E-state index in [1.807, 2.05) is 11.8 Å². The van der Waals surface area contributed by atoms with E-state index in [2.05, 4.69) is 23.5 Å². The maximum atomic E-state index is 11.6. The van der Waals surface area contributed by atoms with E-state index in [0.29, 0.717) is 11.7 Å². The molecule has 0 aromatic heterocycles. The molecule has 1 aromatic carbocycles. The van der Waals surface area contributed by atoms with Gasteiger partial charge in [-0.2, -0.15) is 0 Å². The standard InChI is InChI=1S/C17H23NO2S/c1-18-17(16(19)20)9-3-6-15(11-17)21-14-8-7-12-4-2-5-13(12)10-14/h7-8,10,15,18H,2-6,9,11H2,1H3,(H,19,20). The molecule has 114 valence electrons. The Morgan fingerprint density at radius 3 is 2.90 bits per heavy atom. The van der Waals surface area contributed by atoms with Crippen molar-refractivity contribution in [2.24, 2.45) is 0 Å². The first kappa shape index (κ1) is 14.9. The first-order valence-corrected chi connectivity index (χ1v) is 8.72. The highest BCUT2D eigenvalue weighted by Gasteiger charge is 2.41. The zero-order valence-electron chi connectivity index (χ0n) is 12.5. The fourth-order valence-corrected chi connectivity index (χ4v) is 5.06. The Labute approximate surface area is 130 Å². The van der Waals surface area contributed by atoms with Crippen molar-refractivity contribution >= 4 is 17.7 Å². The molecule has 0 spiro atoms. The molecule has 21 heavy (non-hydrogen) atoms. The molecule has 3 rings (SSSR count). The quantitative estimate of drug-likeness (QED) is 0.896. The van der Waals surface area contributed by atoms with Crippen LogP contribution in [0, 0.1) is 0 Å². The molecular formula is C17H23NO2S. The van der Waals surface area contributed by atoms with Crippen LogP contribution in [0.15, 0.2) is 23.1 Å². The van der Waals surface area contributed by atoms with Crippen LogP contribution in [0.2, 0.25) is 0 Å². The number of benzene rings is 1. The lowest BCUT2D eigenvalue weighted by atomic mass is 9.81. The molecule has 3 nitrogen and oxygen atoms in total. The van der Waals surface area contributed by atoms with Crippen LogP contribution in [0.4, 0.5) is 0 Å². The van der Waals surface area contributed by atoms with Crippen LogP contribution >= 0.6 is 11.8 Å². The molecule has 2 atom stereocenters. The minimum Gasteiger partial charge on any atom is -0.480 e. The van der Waals surface area contributed by atoms with Crippen molar-refractivity contribution in [1.29, 1.82) is 0 Å². The van der Waals surface area contributed by atoms with Gasteiger partial charge in [0.1, 0.15) is 5.54 Å². The number of rotatable bonds is 4. The summed E-state index contributed by atoms with van der Waals surface area (Å²) in [6.07, 6.45) is 7.22. The predicted molar refractivity (Wildman–Crippen MR) is 86.0 cm³/mol. The second-order valence-electron chi connectivity index (χ2n) is 6.26. The van der Waals surface area contributed by atoms with Crippen LogP contribution in [-0.2, 0) is 17.6 Å². The molecule has 0 saturated heterocycles. The highest BCUT2D eigenvalue weighted by molar-refractivity contribution is 8.00. The smallest absolute Gasteiger partial charge is 0.323 e. The normalized spacial score (nSPS) is 28.3. The average Bonchev–Trinajstić information content (AvgIpc) is 2.94. The Hall–Kier alpha value is -1.00. The van der Waals surface area contributed by atoms with Crippen LogP contribution in [-0.4, -0.2) is 28.9 Å². The summed E-state index contributed by atoms with van der Waals surface area (Å²) in [6, 6.07) is 6.80. The van der Waals surface area contributed by atoms with E-state index in [9.17, 15) is 9.90 Å². The molecule has 0 amide bonds. The number of hydrogen-bond donors (Lipinski definition) is 2.